The molecule has 12 heteroatoms. The third kappa shape index (κ3) is 5.37. The van der Waals surface area contributed by atoms with Crippen molar-refractivity contribution in [3.63, 3.8) is 0 Å². The molecule has 11 nitrogen and oxygen atoms in total. The lowest BCUT2D eigenvalue weighted by atomic mass is 10.1. The summed E-state index contributed by atoms with van der Waals surface area (Å²) in [7, 11) is 0. The SMILES string of the molecule is Cc1cc(C(O)(O)NC(=O)c2cc(C(=O)NC(O)(O)c3ccc(C#N)cc3)ncn2)ccc1F. The fourth-order valence-corrected chi connectivity index (χ4v) is 2.83. The predicted octanol–water partition coefficient (Wildman–Crippen LogP) is -0.154. The number of aromatic nitrogens is 2. The van der Waals surface area contributed by atoms with E-state index in [0.717, 1.165) is 30.6 Å². The molecule has 0 bridgehead atoms. The minimum Gasteiger partial charge on any atom is -0.345 e. The zero-order valence-corrected chi connectivity index (χ0v) is 17.5. The van der Waals surface area contributed by atoms with E-state index in [1.165, 1.54) is 31.2 Å². The molecule has 0 saturated heterocycles. The van der Waals surface area contributed by atoms with Crippen molar-refractivity contribution >= 4 is 11.8 Å². The van der Waals surface area contributed by atoms with Crippen molar-refractivity contribution in [3.8, 4) is 6.07 Å². The highest BCUT2D eigenvalue weighted by Crippen LogP contribution is 2.19. The molecular formula is C22H18FN5O6. The number of amides is 2. The summed E-state index contributed by atoms with van der Waals surface area (Å²) in [4.78, 5) is 32.3. The third-order valence-electron chi connectivity index (χ3n) is 4.69. The summed E-state index contributed by atoms with van der Waals surface area (Å²) in [6.45, 7) is 1.40. The van der Waals surface area contributed by atoms with Gasteiger partial charge in [0, 0.05) is 17.2 Å². The monoisotopic (exact) mass is 467 g/mol. The first-order valence-electron chi connectivity index (χ1n) is 9.57. The van der Waals surface area contributed by atoms with Crippen LogP contribution in [-0.4, -0.2) is 42.2 Å². The zero-order chi connectivity index (χ0) is 25.1. The summed E-state index contributed by atoms with van der Waals surface area (Å²) >= 11 is 0. The van der Waals surface area contributed by atoms with Crippen molar-refractivity contribution in [2.75, 3.05) is 0 Å². The highest BCUT2D eigenvalue weighted by atomic mass is 19.1. The van der Waals surface area contributed by atoms with E-state index in [2.05, 4.69) is 9.97 Å². The van der Waals surface area contributed by atoms with Crippen LogP contribution in [0.4, 0.5) is 4.39 Å². The Morgan fingerprint density at radius 1 is 0.882 bits per heavy atom. The van der Waals surface area contributed by atoms with Gasteiger partial charge in [-0.25, -0.2) is 14.4 Å². The van der Waals surface area contributed by atoms with E-state index in [4.69, 9.17) is 5.26 Å². The van der Waals surface area contributed by atoms with Crippen LogP contribution in [0.1, 0.15) is 43.2 Å². The Morgan fingerprint density at radius 3 is 1.88 bits per heavy atom. The molecule has 0 spiro atoms. The number of aliphatic hydroxyl groups is 4. The van der Waals surface area contributed by atoms with Crippen molar-refractivity contribution in [3.05, 3.63) is 94.3 Å². The lowest BCUT2D eigenvalue weighted by molar-refractivity contribution is -0.186. The second-order valence-electron chi connectivity index (χ2n) is 7.19. The van der Waals surface area contributed by atoms with Crippen molar-refractivity contribution in [1.29, 1.82) is 5.26 Å². The maximum atomic E-state index is 13.4. The first-order chi connectivity index (χ1) is 15.9. The van der Waals surface area contributed by atoms with Gasteiger partial charge in [-0.15, -0.1) is 0 Å². The smallest absolute Gasteiger partial charge is 0.275 e. The highest BCUT2D eigenvalue weighted by molar-refractivity contribution is 5.97. The number of aryl methyl sites for hydroxylation is 1. The lowest BCUT2D eigenvalue weighted by Crippen LogP contribution is -2.47. The minimum atomic E-state index is -2.89. The molecule has 0 atom stereocenters. The number of nitrogens with one attached hydrogen (secondary N) is 2. The third-order valence-corrected chi connectivity index (χ3v) is 4.69. The van der Waals surface area contributed by atoms with Crippen molar-refractivity contribution in [2.45, 2.75) is 18.7 Å². The second kappa shape index (κ2) is 9.30. The Labute approximate surface area is 191 Å². The summed E-state index contributed by atoms with van der Waals surface area (Å²) in [5.74, 6) is -8.51. The van der Waals surface area contributed by atoms with Gasteiger partial charge in [-0.2, -0.15) is 5.26 Å². The van der Waals surface area contributed by atoms with E-state index in [0.29, 0.717) is 0 Å². The Bertz CT molecular complexity index is 1290. The number of rotatable bonds is 6. The zero-order valence-electron chi connectivity index (χ0n) is 17.5. The van der Waals surface area contributed by atoms with E-state index >= 15 is 0 Å². The summed E-state index contributed by atoms with van der Waals surface area (Å²) in [5.41, 5.74) is -0.894. The van der Waals surface area contributed by atoms with Gasteiger partial charge in [-0.3, -0.25) is 20.2 Å². The number of nitrogens with zero attached hydrogens (tertiary/aromatic N) is 3. The number of hydrogen-bond acceptors (Lipinski definition) is 9. The van der Waals surface area contributed by atoms with Crippen LogP contribution in [0.15, 0.2) is 54.9 Å². The number of halogens is 1. The molecule has 0 aliphatic heterocycles. The molecule has 0 aliphatic rings. The molecular weight excluding hydrogens is 449 g/mol. The van der Waals surface area contributed by atoms with Crippen LogP contribution in [0.2, 0.25) is 0 Å². The van der Waals surface area contributed by atoms with Crippen LogP contribution in [0.25, 0.3) is 0 Å². The van der Waals surface area contributed by atoms with E-state index in [1.54, 1.807) is 0 Å². The molecule has 6 N–H and O–H groups in total. The van der Waals surface area contributed by atoms with Gasteiger partial charge in [0.1, 0.15) is 23.5 Å². The summed E-state index contributed by atoms with van der Waals surface area (Å²) in [5, 5.41) is 53.5. The Kier molecular flexibility index (Phi) is 6.66. The van der Waals surface area contributed by atoms with Crippen molar-refractivity contribution in [1.82, 2.24) is 20.6 Å². The summed E-state index contributed by atoms with van der Waals surface area (Å²) in [6.07, 6.45) is 0.834. The summed E-state index contributed by atoms with van der Waals surface area (Å²) < 4.78 is 13.4. The maximum absolute atomic E-state index is 13.4. The molecule has 2 amide bonds. The molecule has 1 heterocycles. The first kappa shape index (κ1) is 24.4. The van der Waals surface area contributed by atoms with Gasteiger partial charge in [-0.05, 0) is 42.8 Å². The largest absolute Gasteiger partial charge is 0.345 e. The molecule has 3 rings (SSSR count). The van der Waals surface area contributed by atoms with Gasteiger partial charge in [0.15, 0.2) is 0 Å². The van der Waals surface area contributed by atoms with Crippen LogP contribution in [0.3, 0.4) is 0 Å². The van der Waals surface area contributed by atoms with Gasteiger partial charge in [0.2, 0.25) is 0 Å². The van der Waals surface area contributed by atoms with E-state index in [9.17, 15) is 34.4 Å². The van der Waals surface area contributed by atoms with Gasteiger partial charge < -0.3 is 20.4 Å². The van der Waals surface area contributed by atoms with Crippen molar-refractivity contribution in [2.24, 2.45) is 0 Å². The van der Waals surface area contributed by atoms with E-state index in [1.807, 2.05) is 16.7 Å². The molecule has 1 aromatic heterocycles. The maximum Gasteiger partial charge on any atom is 0.275 e. The molecule has 0 fully saturated rings. The Balaban J connectivity index is 1.76. The Hall–Kier alpha value is -4.28. The van der Waals surface area contributed by atoms with Crippen LogP contribution >= 0.6 is 0 Å². The minimum absolute atomic E-state index is 0.110. The normalized spacial score (nSPS) is 11.4. The van der Waals surface area contributed by atoms with Crippen LogP contribution in [-0.2, 0) is 11.8 Å². The highest BCUT2D eigenvalue weighted by Gasteiger charge is 2.32. The van der Waals surface area contributed by atoms with E-state index in [-0.39, 0.29) is 22.3 Å². The summed E-state index contributed by atoms with van der Waals surface area (Å²) in [6, 6.07) is 11.0. The number of hydrogen-bond donors (Lipinski definition) is 6. The topological polar surface area (TPSA) is 189 Å². The fraction of sp³-hybridized carbons (Fsp3) is 0.136. The van der Waals surface area contributed by atoms with E-state index < -0.39 is 40.8 Å². The standard InChI is InChI=1S/C22H18FN5O6/c1-12-8-15(6-7-16(12)23)22(33,34)28-20(30)18-9-17(25-11-26-18)19(29)27-21(31,32)14-4-2-13(10-24)3-5-14/h2-9,11,31-34H,1H3,(H,27,29)(H,28,30). The first-order valence-corrected chi connectivity index (χ1v) is 9.57. The fourth-order valence-electron chi connectivity index (χ4n) is 2.83. The number of nitriles is 1. The van der Waals surface area contributed by atoms with Gasteiger partial charge in [0.05, 0.1) is 11.6 Å². The molecule has 0 aliphatic carbocycles. The Morgan fingerprint density at radius 2 is 1.38 bits per heavy atom. The van der Waals surface area contributed by atoms with Crippen LogP contribution < -0.4 is 10.6 Å². The average molecular weight is 467 g/mol. The van der Waals surface area contributed by atoms with Gasteiger partial charge in [-0.1, -0.05) is 12.1 Å². The molecule has 2 aromatic carbocycles. The van der Waals surface area contributed by atoms with Crippen molar-refractivity contribution < 1.29 is 34.4 Å². The van der Waals surface area contributed by atoms with Gasteiger partial charge >= 0.3 is 0 Å². The molecule has 0 unspecified atom stereocenters. The predicted molar refractivity (Wildman–Crippen MR) is 111 cm³/mol. The average Bonchev–Trinajstić information content (AvgIpc) is 2.80. The molecule has 0 radical (unpaired) electrons. The lowest BCUT2D eigenvalue weighted by Gasteiger charge is -2.24. The van der Waals surface area contributed by atoms with Gasteiger partial charge in [0.25, 0.3) is 23.6 Å². The molecule has 3 aromatic rings. The second-order valence-corrected chi connectivity index (χ2v) is 7.19. The number of carbonyl (C=O) groups excluding carboxylic acids is 2. The van der Waals surface area contributed by atoms with Crippen LogP contribution in [0.5, 0.6) is 0 Å². The molecule has 0 saturated carbocycles. The van der Waals surface area contributed by atoms with Crippen LogP contribution in [0, 0.1) is 24.1 Å². The molecule has 34 heavy (non-hydrogen) atoms. The number of carbonyl (C=O) groups is 2. The number of benzene rings is 2. The molecule has 174 valence electrons. The quantitative estimate of drug-likeness (QED) is 0.268.